The van der Waals surface area contributed by atoms with Crippen LogP contribution in [0.3, 0.4) is 0 Å². The van der Waals surface area contributed by atoms with Crippen molar-refractivity contribution >= 4 is 11.8 Å². The Morgan fingerprint density at radius 3 is 2.55 bits per heavy atom. The summed E-state index contributed by atoms with van der Waals surface area (Å²) in [6.45, 7) is 9.70. The van der Waals surface area contributed by atoms with Crippen molar-refractivity contribution < 1.29 is 24.5 Å². The van der Waals surface area contributed by atoms with Gasteiger partial charge in [-0.25, -0.2) is 4.79 Å². The first-order valence-corrected chi connectivity index (χ1v) is 12.6. The molecule has 1 aliphatic heterocycles. The van der Waals surface area contributed by atoms with Crippen LogP contribution in [0.2, 0.25) is 0 Å². The van der Waals surface area contributed by atoms with Crippen molar-refractivity contribution in [3.63, 3.8) is 0 Å². The van der Waals surface area contributed by atoms with E-state index in [4.69, 9.17) is 4.74 Å². The molecule has 0 amide bonds. The summed E-state index contributed by atoms with van der Waals surface area (Å²) >= 11 is 0. The van der Waals surface area contributed by atoms with E-state index in [1.165, 1.54) is 5.57 Å². The van der Waals surface area contributed by atoms with Crippen molar-refractivity contribution in [1.82, 2.24) is 0 Å². The van der Waals surface area contributed by atoms with Gasteiger partial charge in [0.25, 0.3) is 0 Å². The number of aliphatic hydroxyl groups is 2. The van der Waals surface area contributed by atoms with Gasteiger partial charge < -0.3 is 14.9 Å². The van der Waals surface area contributed by atoms with Gasteiger partial charge >= 0.3 is 5.97 Å². The second kappa shape index (κ2) is 7.14. The Hall–Kier alpha value is -1.72. The number of hydrogen-bond acceptors (Lipinski definition) is 5. The Bertz CT molecular complexity index is 1000. The average Bonchev–Trinajstić information content (AvgIpc) is 3.04. The third kappa shape index (κ3) is 2.84. The molecule has 0 saturated heterocycles. The SMILES string of the molecule is CC1=C(C)C(=O)O[C@@H]([C@](C)(O)[C@H]2CC[C@]3(O)[C@@H]4CC=C5CC=CC(=O)[C@]5(C)[C@H]4CC[C@]23C)C1. The number of carbonyl (C=O) groups is 2. The minimum atomic E-state index is -1.24. The van der Waals surface area contributed by atoms with Crippen molar-refractivity contribution in [2.24, 2.45) is 28.6 Å². The Morgan fingerprint density at radius 2 is 1.85 bits per heavy atom. The predicted molar refractivity (Wildman–Crippen MR) is 125 cm³/mol. The second-order valence-corrected chi connectivity index (χ2v) is 12.1. The first kappa shape index (κ1) is 23.0. The number of allylic oxidation sites excluding steroid dienone is 4. The first-order valence-electron chi connectivity index (χ1n) is 12.6. The van der Waals surface area contributed by atoms with Crippen LogP contribution in [0.5, 0.6) is 0 Å². The molecule has 0 radical (unpaired) electrons. The summed E-state index contributed by atoms with van der Waals surface area (Å²) in [6, 6.07) is 0. The zero-order chi connectivity index (χ0) is 24.0. The quantitative estimate of drug-likeness (QED) is 0.476. The van der Waals surface area contributed by atoms with Gasteiger partial charge in [-0.15, -0.1) is 0 Å². The third-order valence-electron chi connectivity index (χ3n) is 10.8. The number of rotatable bonds is 2. The van der Waals surface area contributed by atoms with Gasteiger partial charge in [-0.1, -0.05) is 30.2 Å². The van der Waals surface area contributed by atoms with Gasteiger partial charge in [0, 0.05) is 17.4 Å². The molecule has 180 valence electrons. The van der Waals surface area contributed by atoms with E-state index in [0.29, 0.717) is 24.8 Å². The molecule has 0 bridgehead atoms. The van der Waals surface area contributed by atoms with Crippen molar-refractivity contribution in [2.75, 3.05) is 0 Å². The summed E-state index contributed by atoms with van der Waals surface area (Å²) in [5.41, 5.74) is -0.460. The van der Waals surface area contributed by atoms with Gasteiger partial charge in [0.2, 0.25) is 0 Å². The molecule has 4 aliphatic carbocycles. The van der Waals surface area contributed by atoms with Crippen LogP contribution < -0.4 is 0 Å². The Morgan fingerprint density at radius 1 is 1.12 bits per heavy atom. The summed E-state index contributed by atoms with van der Waals surface area (Å²) in [6.07, 6.45) is 10.3. The number of ketones is 1. The molecule has 0 aromatic rings. The standard InChI is InChI=1S/C28H38O5/c1-16-15-23(33-24(30)17(16)2)27(5,31)21-12-14-28(32)20-10-9-18-7-6-8-22(29)26(18,4)19(20)11-13-25(21,28)3/h6,8-9,19-21,23,31-32H,7,10-15H2,1-5H3/t19-,20+,21-,23+,25+,26-,27+,28-/m0/s1. The van der Waals surface area contributed by atoms with Crippen LogP contribution in [0, 0.1) is 28.6 Å². The number of hydrogen-bond donors (Lipinski definition) is 2. The van der Waals surface area contributed by atoms with Crippen LogP contribution in [0.1, 0.15) is 79.6 Å². The highest BCUT2D eigenvalue weighted by molar-refractivity contribution is 5.98. The fourth-order valence-corrected chi connectivity index (χ4v) is 8.48. The lowest BCUT2D eigenvalue weighted by Gasteiger charge is -2.61. The molecule has 33 heavy (non-hydrogen) atoms. The van der Waals surface area contributed by atoms with Gasteiger partial charge in [-0.2, -0.15) is 0 Å². The van der Waals surface area contributed by atoms with Gasteiger partial charge in [0.1, 0.15) is 11.7 Å². The number of esters is 1. The highest BCUT2D eigenvalue weighted by atomic mass is 16.6. The monoisotopic (exact) mass is 454 g/mol. The fraction of sp³-hybridized carbons (Fsp3) is 0.714. The largest absolute Gasteiger partial charge is 0.456 e. The maximum absolute atomic E-state index is 13.1. The highest BCUT2D eigenvalue weighted by Crippen LogP contribution is 2.68. The van der Waals surface area contributed by atoms with Crippen molar-refractivity contribution in [3.8, 4) is 0 Å². The summed E-state index contributed by atoms with van der Waals surface area (Å²) in [5.74, 6) is -0.292. The van der Waals surface area contributed by atoms with E-state index in [2.05, 4.69) is 19.9 Å². The minimum absolute atomic E-state index is 0.0148. The third-order valence-corrected chi connectivity index (χ3v) is 10.8. The molecule has 5 nitrogen and oxygen atoms in total. The molecule has 0 unspecified atom stereocenters. The number of cyclic esters (lactones) is 1. The molecular weight excluding hydrogens is 416 g/mol. The van der Waals surface area contributed by atoms with E-state index >= 15 is 0 Å². The molecule has 8 atom stereocenters. The molecule has 0 spiro atoms. The van der Waals surface area contributed by atoms with Gasteiger partial charge in [0.05, 0.1) is 11.0 Å². The molecule has 5 heteroatoms. The van der Waals surface area contributed by atoms with Crippen LogP contribution in [0.4, 0.5) is 0 Å². The normalized spacial score (nSPS) is 46.7. The maximum Gasteiger partial charge on any atom is 0.334 e. The summed E-state index contributed by atoms with van der Waals surface area (Å²) < 4.78 is 5.72. The van der Waals surface area contributed by atoms with Gasteiger partial charge in [-0.05, 0) is 90.0 Å². The summed E-state index contributed by atoms with van der Waals surface area (Å²) in [5, 5.41) is 24.2. The molecule has 0 aromatic carbocycles. The minimum Gasteiger partial charge on any atom is -0.456 e. The lowest BCUT2D eigenvalue weighted by Crippen LogP contribution is -2.64. The van der Waals surface area contributed by atoms with E-state index in [-0.39, 0.29) is 29.5 Å². The predicted octanol–water partition coefficient (Wildman–Crippen LogP) is 4.43. The Labute approximate surface area is 197 Å². The molecule has 2 saturated carbocycles. The molecule has 1 heterocycles. The van der Waals surface area contributed by atoms with E-state index in [9.17, 15) is 19.8 Å². The zero-order valence-electron chi connectivity index (χ0n) is 20.6. The fourth-order valence-electron chi connectivity index (χ4n) is 8.48. The molecule has 0 aromatic heterocycles. The Balaban J connectivity index is 1.49. The van der Waals surface area contributed by atoms with E-state index < -0.39 is 28.1 Å². The number of fused-ring (bicyclic) bond motifs is 5. The first-order chi connectivity index (χ1) is 15.4. The average molecular weight is 455 g/mol. The van der Waals surface area contributed by atoms with Crippen LogP contribution in [-0.2, 0) is 14.3 Å². The van der Waals surface area contributed by atoms with Gasteiger partial charge in [-0.3, -0.25) is 4.79 Å². The molecule has 2 N–H and O–H groups in total. The van der Waals surface area contributed by atoms with Crippen LogP contribution >= 0.6 is 0 Å². The van der Waals surface area contributed by atoms with E-state index in [1.54, 1.807) is 19.9 Å². The smallest absolute Gasteiger partial charge is 0.334 e. The second-order valence-electron chi connectivity index (χ2n) is 12.1. The van der Waals surface area contributed by atoms with Crippen molar-refractivity contribution in [1.29, 1.82) is 0 Å². The molecule has 5 aliphatic rings. The van der Waals surface area contributed by atoms with Crippen LogP contribution in [0.15, 0.2) is 34.9 Å². The number of carbonyl (C=O) groups excluding carboxylic acids is 2. The molecule has 2 fully saturated rings. The lowest BCUT2D eigenvalue weighted by atomic mass is 9.45. The number of ether oxygens (including phenoxy) is 1. The summed E-state index contributed by atoms with van der Waals surface area (Å²) in [4.78, 5) is 25.5. The van der Waals surface area contributed by atoms with Crippen LogP contribution in [0.25, 0.3) is 0 Å². The topological polar surface area (TPSA) is 83.8 Å². The maximum atomic E-state index is 13.1. The molecule has 5 rings (SSSR count). The molecular formula is C28H38O5. The zero-order valence-corrected chi connectivity index (χ0v) is 20.6. The van der Waals surface area contributed by atoms with Crippen molar-refractivity contribution in [3.05, 3.63) is 34.9 Å². The van der Waals surface area contributed by atoms with E-state index in [1.807, 2.05) is 13.0 Å². The lowest BCUT2D eigenvalue weighted by molar-refractivity contribution is -0.214. The highest BCUT2D eigenvalue weighted by Gasteiger charge is 2.70. The van der Waals surface area contributed by atoms with Gasteiger partial charge in [0.15, 0.2) is 5.78 Å². The van der Waals surface area contributed by atoms with Crippen molar-refractivity contribution in [2.45, 2.75) is 96.9 Å². The summed E-state index contributed by atoms with van der Waals surface area (Å²) in [7, 11) is 0. The van der Waals surface area contributed by atoms with E-state index in [0.717, 1.165) is 31.3 Å². The Kier molecular flexibility index (Phi) is 4.99. The van der Waals surface area contributed by atoms with Crippen LogP contribution in [-0.4, -0.2) is 39.3 Å².